The van der Waals surface area contributed by atoms with Gasteiger partial charge >= 0.3 is 6.03 Å². The molecule has 4 rings (SSSR count). The maximum atomic E-state index is 13.0. The van der Waals surface area contributed by atoms with Gasteiger partial charge in [-0.3, -0.25) is 9.69 Å². The number of unbranched alkanes of at least 4 members (excludes halogenated alkanes) is 1. The lowest BCUT2D eigenvalue weighted by Gasteiger charge is -2.21. The molecule has 0 radical (unpaired) electrons. The van der Waals surface area contributed by atoms with E-state index in [0.29, 0.717) is 17.9 Å². The van der Waals surface area contributed by atoms with Gasteiger partial charge in [-0.05, 0) is 37.5 Å². The number of benzene rings is 1. The highest BCUT2D eigenvalue weighted by molar-refractivity contribution is 7.09. The number of nitrogens with zero attached hydrogens (tertiary/aromatic N) is 2. The number of hydrogen-bond acceptors (Lipinski definition) is 6. The average Bonchev–Trinajstić information content (AvgIpc) is 3.36. The van der Waals surface area contributed by atoms with Crippen LogP contribution in [0.15, 0.2) is 23.6 Å². The van der Waals surface area contributed by atoms with E-state index in [1.807, 2.05) is 23.6 Å². The summed E-state index contributed by atoms with van der Waals surface area (Å²) < 4.78 is 10.7. The van der Waals surface area contributed by atoms with Gasteiger partial charge in [0.05, 0.1) is 17.2 Å². The van der Waals surface area contributed by atoms with Crippen LogP contribution in [0.25, 0.3) is 0 Å². The number of rotatable bonds is 7. The van der Waals surface area contributed by atoms with E-state index in [2.05, 4.69) is 17.2 Å². The molecule has 3 heterocycles. The van der Waals surface area contributed by atoms with Crippen LogP contribution in [-0.2, 0) is 24.2 Å². The van der Waals surface area contributed by atoms with Gasteiger partial charge in [-0.15, -0.1) is 11.3 Å². The maximum absolute atomic E-state index is 13.0. The Morgan fingerprint density at radius 3 is 2.93 bits per heavy atom. The number of fused-ring (bicyclic) bond motifs is 1. The molecule has 148 valence electrons. The molecule has 1 atom stereocenters. The molecule has 1 unspecified atom stereocenters. The van der Waals surface area contributed by atoms with Gasteiger partial charge in [0.15, 0.2) is 11.5 Å². The first-order valence-electron chi connectivity index (χ1n) is 9.44. The number of carbonyl (C=O) groups excluding carboxylic acids is 2. The number of urea groups is 1. The predicted molar refractivity (Wildman–Crippen MR) is 104 cm³/mol. The second kappa shape index (κ2) is 7.43. The number of carbonyl (C=O) groups is 2. The van der Waals surface area contributed by atoms with Crippen LogP contribution in [0.4, 0.5) is 4.79 Å². The van der Waals surface area contributed by atoms with E-state index in [0.717, 1.165) is 35.5 Å². The number of imide groups is 1. The highest BCUT2D eigenvalue weighted by atomic mass is 32.1. The molecule has 1 aromatic heterocycles. The summed E-state index contributed by atoms with van der Waals surface area (Å²) in [5.41, 5.74) is 0.663. The molecule has 28 heavy (non-hydrogen) atoms. The standard InChI is InChI=1S/C20H23N3O4S/c1-3-4-5-17-21-14(11-28-17)10-23-18(24)20(2,22-19(23)25)9-13-6-7-15-16(8-13)27-12-26-15/h6-8,11H,3-5,9-10,12H2,1-2H3,(H,22,25). The Morgan fingerprint density at radius 1 is 1.29 bits per heavy atom. The third-order valence-corrected chi connectivity index (χ3v) is 5.96. The molecule has 2 aliphatic heterocycles. The molecule has 0 spiro atoms. The molecule has 0 aliphatic carbocycles. The number of aryl methyl sites for hydroxylation is 1. The molecule has 0 bridgehead atoms. The van der Waals surface area contributed by atoms with Gasteiger partial charge in [-0.2, -0.15) is 0 Å². The van der Waals surface area contributed by atoms with Crippen LogP contribution in [0.2, 0.25) is 0 Å². The van der Waals surface area contributed by atoms with Crippen molar-refractivity contribution in [3.63, 3.8) is 0 Å². The van der Waals surface area contributed by atoms with Gasteiger partial charge in [0.25, 0.3) is 5.91 Å². The van der Waals surface area contributed by atoms with Crippen LogP contribution in [0.1, 0.15) is 43.0 Å². The lowest BCUT2D eigenvalue weighted by molar-refractivity contribution is -0.131. The molecule has 0 saturated carbocycles. The van der Waals surface area contributed by atoms with Crippen molar-refractivity contribution in [3.8, 4) is 11.5 Å². The fraction of sp³-hybridized carbons (Fsp3) is 0.450. The first-order chi connectivity index (χ1) is 13.5. The largest absolute Gasteiger partial charge is 0.454 e. The number of aromatic nitrogens is 1. The van der Waals surface area contributed by atoms with Crippen LogP contribution >= 0.6 is 11.3 Å². The fourth-order valence-corrected chi connectivity index (χ4v) is 4.33. The molecule has 8 heteroatoms. The van der Waals surface area contributed by atoms with Crippen molar-refractivity contribution in [2.75, 3.05) is 6.79 Å². The Kier molecular flexibility index (Phi) is 4.97. The molecule has 1 N–H and O–H groups in total. The van der Waals surface area contributed by atoms with Crippen molar-refractivity contribution >= 4 is 23.3 Å². The summed E-state index contributed by atoms with van der Waals surface area (Å²) in [6, 6.07) is 5.20. The van der Waals surface area contributed by atoms with E-state index in [1.165, 1.54) is 4.90 Å². The number of amides is 3. The zero-order chi connectivity index (χ0) is 19.7. The summed E-state index contributed by atoms with van der Waals surface area (Å²) in [5, 5.41) is 5.83. The Hall–Kier alpha value is -2.61. The topological polar surface area (TPSA) is 80.8 Å². The highest BCUT2D eigenvalue weighted by Gasteiger charge is 2.47. The monoisotopic (exact) mass is 401 g/mol. The van der Waals surface area contributed by atoms with Crippen molar-refractivity contribution in [2.24, 2.45) is 0 Å². The van der Waals surface area contributed by atoms with Crippen LogP contribution in [-0.4, -0.2) is 34.2 Å². The van der Waals surface area contributed by atoms with Crippen molar-refractivity contribution in [3.05, 3.63) is 39.8 Å². The van der Waals surface area contributed by atoms with Crippen molar-refractivity contribution in [1.29, 1.82) is 0 Å². The zero-order valence-corrected chi connectivity index (χ0v) is 16.8. The lowest BCUT2D eigenvalue weighted by Crippen LogP contribution is -2.45. The zero-order valence-electron chi connectivity index (χ0n) is 16.0. The van der Waals surface area contributed by atoms with Crippen LogP contribution in [0.5, 0.6) is 11.5 Å². The number of hydrogen-bond donors (Lipinski definition) is 1. The second-order valence-corrected chi connectivity index (χ2v) is 8.30. The fourth-order valence-electron chi connectivity index (χ4n) is 3.50. The lowest BCUT2D eigenvalue weighted by atomic mass is 9.92. The van der Waals surface area contributed by atoms with E-state index in [9.17, 15) is 9.59 Å². The number of thiazole rings is 1. The van der Waals surface area contributed by atoms with Crippen LogP contribution in [0.3, 0.4) is 0 Å². The minimum Gasteiger partial charge on any atom is -0.454 e. The van der Waals surface area contributed by atoms with Gasteiger partial charge in [0, 0.05) is 11.8 Å². The summed E-state index contributed by atoms with van der Waals surface area (Å²) >= 11 is 1.58. The third-order valence-electron chi connectivity index (χ3n) is 5.00. The molecule has 7 nitrogen and oxygen atoms in total. The van der Waals surface area contributed by atoms with Crippen molar-refractivity contribution in [1.82, 2.24) is 15.2 Å². The predicted octanol–water partition coefficient (Wildman–Crippen LogP) is 3.27. The van der Waals surface area contributed by atoms with Crippen LogP contribution < -0.4 is 14.8 Å². The normalized spacial score (nSPS) is 20.7. The van der Waals surface area contributed by atoms with Crippen LogP contribution in [0, 0.1) is 0 Å². The molecule has 1 fully saturated rings. The Morgan fingerprint density at radius 2 is 2.11 bits per heavy atom. The average molecular weight is 401 g/mol. The van der Waals surface area contributed by atoms with E-state index in [4.69, 9.17) is 9.47 Å². The molecule has 2 aliphatic rings. The molecular weight excluding hydrogens is 378 g/mol. The van der Waals surface area contributed by atoms with E-state index in [1.54, 1.807) is 18.3 Å². The summed E-state index contributed by atoms with van der Waals surface area (Å²) in [4.78, 5) is 31.3. The summed E-state index contributed by atoms with van der Waals surface area (Å²) in [7, 11) is 0. The van der Waals surface area contributed by atoms with Gasteiger partial charge in [-0.1, -0.05) is 19.4 Å². The Bertz CT molecular complexity index is 913. The molecule has 3 amide bonds. The van der Waals surface area contributed by atoms with E-state index in [-0.39, 0.29) is 25.3 Å². The molecule has 1 aromatic carbocycles. The minimum absolute atomic E-state index is 0.198. The van der Waals surface area contributed by atoms with E-state index < -0.39 is 5.54 Å². The van der Waals surface area contributed by atoms with Crippen molar-refractivity contribution in [2.45, 2.75) is 51.6 Å². The number of ether oxygens (including phenoxy) is 2. The Balaban J connectivity index is 1.46. The summed E-state index contributed by atoms with van der Waals surface area (Å²) in [5.74, 6) is 1.12. The van der Waals surface area contributed by atoms with Crippen molar-refractivity contribution < 1.29 is 19.1 Å². The van der Waals surface area contributed by atoms with Gasteiger partial charge in [-0.25, -0.2) is 9.78 Å². The van der Waals surface area contributed by atoms with Gasteiger partial charge in [0.2, 0.25) is 6.79 Å². The molecule has 1 saturated heterocycles. The maximum Gasteiger partial charge on any atom is 0.325 e. The Labute approximate surface area is 167 Å². The van der Waals surface area contributed by atoms with Gasteiger partial charge < -0.3 is 14.8 Å². The molecule has 2 aromatic rings. The molecular formula is C20H23N3O4S. The first kappa shape index (κ1) is 18.7. The van der Waals surface area contributed by atoms with E-state index >= 15 is 0 Å². The SMILES string of the molecule is CCCCc1nc(CN2C(=O)NC(C)(Cc3ccc4c(c3)OCO4)C2=O)cs1. The van der Waals surface area contributed by atoms with Gasteiger partial charge in [0.1, 0.15) is 5.54 Å². The summed E-state index contributed by atoms with van der Waals surface area (Å²) in [6.45, 7) is 4.30. The minimum atomic E-state index is -0.994. The summed E-state index contributed by atoms with van der Waals surface area (Å²) in [6.07, 6.45) is 3.51. The smallest absolute Gasteiger partial charge is 0.325 e. The quantitative estimate of drug-likeness (QED) is 0.720. The number of nitrogens with one attached hydrogen (secondary N) is 1. The second-order valence-electron chi connectivity index (χ2n) is 7.35. The third kappa shape index (κ3) is 3.56. The highest BCUT2D eigenvalue weighted by Crippen LogP contribution is 2.34. The first-order valence-corrected chi connectivity index (χ1v) is 10.3.